The van der Waals surface area contributed by atoms with Gasteiger partial charge in [0.25, 0.3) is 0 Å². The van der Waals surface area contributed by atoms with E-state index in [4.69, 9.17) is 9.47 Å². The van der Waals surface area contributed by atoms with Gasteiger partial charge in [-0.05, 0) is 36.6 Å². The first-order chi connectivity index (χ1) is 10.1. The number of methoxy groups -OCH3 is 2. The second-order valence-electron chi connectivity index (χ2n) is 4.99. The van der Waals surface area contributed by atoms with E-state index >= 15 is 0 Å². The first kappa shape index (κ1) is 15.8. The maximum atomic E-state index is 9.90. The molecule has 0 aliphatic carbocycles. The minimum absolute atomic E-state index is 0.0398. The Morgan fingerprint density at radius 3 is 2.62 bits per heavy atom. The molecule has 0 fully saturated rings. The summed E-state index contributed by atoms with van der Waals surface area (Å²) in [6.45, 7) is 2.61. The molecule has 0 saturated heterocycles. The Bertz CT molecular complexity index is 571. The maximum absolute atomic E-state index is 9.90. The van der Waals surface area contributed by atoms with Gasteiger partial charge in [-0.15, -0.1) is 11.3 Å². The Morgan fingerprint density at radius 2 is 2.05 bits per heavy atom. The topological polar surface area (TPSA) is 50.7 Å². The summed E-state index contributed by atoms with van der Waals surface area (Å²) in [5.74, 6) is 1.47. The van der Waals surface area contributed by atoms with E-state index in [2.05, 4.69) is 11.4 Å². The normalized spacial score (nSPS) is 13.7. The summed E-state index contributed by atoms with van der Waals surface area (Å²) in [7, 11) is 3.25. The van der Waals surface area contributed by atoms with Gasteiger partial charge in [0, 0.05) is 17.0 Å². The van der Waals surface area contributed by atoms with Crippen molar-refractivity contribution in [2.24, 2.45) is 0 Å². The monoisotopic (exact) mass is 307 g/mol. The van der Waals surface area contributed by atoms with Crippen molar-refractivity contribution in [1.29, 1.82) is 0 Å². The van der Waals surface area contributed by atoms with Crippen LogP contribution in [0.4, 0.5) is 0 Å². The first-order valence-electron chi connectivity index (χ1n) is 6.73. The second-order valence-corrected chi connectivity index (χ2v) is 6.02. The molecule has 1 atom stereocenters. The molecule has 4 nitrogen and oxygen atoms in total. The van der Waals surface area contributed by atoms with Crippen LogP contribution in [0, 0.1) is 0 Å². The Balaban J connectivity index is 2.29. The molecule has 5 heteroatoms. The predicted octanol–water partition coefficient (Wildman–Crippen LogP) is 2.76. The van der Waals surface area contributed by atoms with Crippen LogP contribution in [-0.2, 0) is 12.1 Å². The molecule has 0 saturated carbocycles. The van der Waals surface area contributed by atoms with Gasteiger partial charge in [-0.25, -0.2) is 0 Å². The summed E-state index contributed by atoms with van der Waals surface area (Å²) in [5, 5.41) is 15.4. The van der Waals surface area contributed by atoms with E-state index in [1.54, 1.807) is 25.6 Å². The largest absolute Gasteiger partial charge is 0.497 e. The zero-order valence-electron chi connectivity index (χ0n) is 12.6. The van der Waals surface area contributed by atoms with E-state index < -0.39 is 5.54 Å². The number of nitrogens with one attached hydrogen (secondary N) is 1. The zero-order valence-corrected chi connectivity index (χ0v) is 13.4. The molecule has 0 radical (unpaired) electrons. The molecule has 0 bridgehead atoms. The summed E-state index contributed by atoms with van der Waals surface area (Å²) in [6, 6.07) is 9.69. The molecule has 0 amide bonds. The number of aliphatic hydroxyl groups excluding tert-OH is 1. The third-order valence-electron chi connectivity index (χ3n) is 3.55. The fraction of sp³-hybridized carbons (Fsp3) is 0.375. The second kappa shape index (κ2) is 6.93. The molecule has 2 aromatic rings. The molecular formula is C16H21NO3S. The lowest BCUT2D eigenvalue weighted by Gasteiger charge is -2.31. The van der Waals surface area contributed by atoms with Gasteiger partial charge < -0.3 is 19.9 Å². The van der Waals surface area contributed by atoms with Gasteiger partial charge in [0.05, 0.1) is 26.4 Å². The zero-order chi connectivity index (χ0) is 15.3. The fourth-order valence-electron chi connectivity index (χ4n) is 2.18. The van der Waals surface area contributed by atoms with Gasteiger partial charge in [0.2, 0.25) is 0 Å². The first-order valence-corrected chi connectivity index (χ1v) is 7.61. The molecule has 1 heterocycles. The van der Waals surface area contributed by atoms with E-state index in [0.717, 1.165) is 17.1 Å². The van der Waals surface area contributed by atoms with Gasteiger partial charge in [0.1, 0.15) is 11.5 Å². The van der Waals surface area contributed by atoms with E-state index in [9.17, 15) is 5.11 Å². The molecule has 114 valence electrons. The van der Waals surface area contributed by atoms with Gasteiger partial charge in [-0.2, -0.15) is 0 Å². The molecule has 21 heavy (non-hydrogen) atoms. The lowest BCUT2D eigenvalue weighted by Crippen LogP contribution is -2.42. The number of thiophene rings is 1. The highest BCUT2D eigenvalue weighted by Gasteiger charge is 2.29. The lowest BCUT2D eigenvalue weighted by atomic mass is 9.91. The number of hydrogen-bond donors (Lipinski definition) is 2. The van der Waals surface area contributed by atoms with E-state index in [1.807, 2.05) is 36.6 Å². The number of aliphatic hydroxyl groups is 1. The van der Waals surface area contributed by atoms with Crippen LogP contribution in [0.1, 0.15) is 17.4 Å². The molecule has 1 aromatic carbocycles. The van der Waals surface area contributed by atoms with Gasteiger partial charge in [0.15, 0.2) is 0 Å². The Kier molecular flexibility index (Phi) is 5.22. The summed E-state index contributed by atoms with van der Waals surface area (Å²) in [5.41, 5.74) is 0.271. The van der Waals surface area contributed by atoms with Gasteiger partial charge in [-0.3, -0.25) is 0 Å². The van der Waals surface area contributed by atoms with Crippen LogP contribution in [0.2, 0.25) is 0 Å². The molecule has 2 rings (SSSR count). The SMILES string of the molecule is COc1ccc(OC)c(C(C)(CO)NCc2cccs2)c1. The smallest absolute Gasteiger partial charge is 0.124 e. The van der Waals surface area contributed by atoms with Crippen molar-refractivity contribution in [3.05, 3.63) is 46.2 Å². The maximum Gasteiger partial charge on any atom is 0.124 e. The third kappa shape index (κ3) is 3.56. The number of ether oxygens (including phenoxy) is 2. The molecule has 0 spiro atoms. The van der Waals surface area contributed by atoms with Crippen LogP contribution < -0.4 is 14.8 Å². The summed E-state index contributed by atoms with van der Waals surface area (Å²) in [6.07, 6.45) is 0. The van der Waals surface area contributed by atoms with Gasteiger partial charge in [-0.1, -0.05) is 6.07 Å². The summed E-state index contributed by atoms with van der Waals surface area (Å²) >= 11 is 1.69. The van der Waals surface area contributed by atoms with E-state index in [-0.39, 0.29) is 6.61 Å². The number of hydrogen-bond acceptors (Lipinski definition) is 5. The number of benzene rings is 1. The molecule has 1 aromatic heterocycles. The minimum Gasteiger partial charge on any atom is -0.497 e. The molecule has 2 N–H and O–H groups in total. The van der Waals surface area contributed by atoms with Crippen molar-refractivity contribution in [3.8, 4) is 11.5 Å². The van der Waals surface area contributed by atoms with Crippen molar-refractivity contribution < 1.29 is 14.6 Å². The van der Waals surface area contributed by atoms with Crippen molar-refractivity contribution in [2.45, 2.75) is 19.0 Å². The highest BCUT2D eigenvalue weighted by molar-refractivity contribution is 7.09. The fourth-order valence-corrected chi connectivity index (χ4v) is 2.82. The van der Waals surface area contributed by atoms with Crippen molar-refractivity contribution >= 4 is 11.3 Å². The van der Waals surface area contributed by atoms with Crippen LogP contribution in [0.25, 0.3) is 0 Å². The average Bonchev–Trinajstić information content (AvgIpc) is 3.05. The average molecular weight is 307 g/mol. The predicted molar refractivity (Wildman–Crippen MR) is 85.1 cm³/mol. The summed E-state index contributed by atoms with van der Waals surface area (Å²) < 4.78 is 10.7. The van der Waals surface area contributed by atoms with Crippen LogP contribution in [0.15, 0.2) is 35.7 Å². The van der Waals surface area contributed by atoms with E-state index in [0.29, 0.717) is 6.54 Å². The quantitative estimate of drug-likeness (QED) is 0.826. The van der Waals surface area contributed by atoms with Crippen molar-refractivity contribution in [1.82, 2.24) is 5.32 Å². The Hall–Kier alpha value is -1.56. The van der Waals surface area contributed by atoms with E-state index in [1.165, 1.54) is 4.88 Å². The van der Waals surface area contributed by atoms with Crippen LogP contribution >= 0.6 is 11.3 Å². The van der Waals surface area contributed by atoms with Crippen molar-refractivity contribution in [3.63, 3.8) is 0 Å². The molecule has 1 unspecified atom stereocenters. The van der Waals surface area contributed by atoms with Gasteiger partial charge >= 0.3 is 0 Å². The highest BCUT2D eigenvalue weighted by atomic mass is 32.1. The van der Waals surface area contributed by atoms with Crippen LogP contribution in [0.3, 0.4) is 0 Å². The Morgan fingerprint density at radius 1 is 1.24 bits per heavy atom. The molecular weight excluding hydrogens is 286 g/mol. The van der Waals surface area contributed by atoms with Crippen molar-refractivity contribution in [2.75, 3.05) is 20.8 Å². The van der Waals surface area contributed by atoms with Crippen LogP contribution in [-0.4, -0.2) is 25.9 Å². The standard InChI is InChI=1S/C16H21NO3S/c1-16(11-18,17-10-13-5-4-8-21-13)14-9-12(19-2)6-7-15(14)20-3/h4-9,17-18H,10-11H2,1-3H3. The summed E-state index contributed by atoms with van der Waals surface area (Å²) in [4.78, 5) is 1.22. The molecule has 0 aliphatic rings. The molecule has 0 aliphatic heterocycles. The number of rotatable bonds is 7. The van der Waals surface area contributed by atoms with Crippen LogP contribution in [0.5, 0.6) is 11.5 Å². The highest BCUT2D eigenvalue weighted by Crippen LogP contribution is 2.33. The Labute approximate surface area is 129 Å². The minimum atomic E-state index is -0.607. The third-order valence-corrected chi connectivity index (χ3v) is 4.43. The lowest BCUT2D eigenvalue weighted by molar-refractivity contribution is 0.170.